The average Bonchev–Trinajstić information content (AvgIpc) is 2.45. The monoisotopic (exact) mass is 254 g/mol. The lowest BCUT2D eigenvalue weighted by molar-refractivity contribution is -0.165. The molecule has 18 heavy (non-hydrogen) atoms. The smallest absolute Gasteiger partial charge is 0.320 e. The Morgan fingerprint density at radius 2 is 1.89 bits per heavy atom. The maximum absolute atomic E-state index is 12.3. The van der Waals surface area contributed by atoms with Gasteiger partial charge in [-0.2, -0.15) is 0 Å². The number of aliphatic hydroxyl groups is 1. The number of allylic oxidation sites excluding steroid dienone is 2. The highest BCUT2D eigenvalue weighted by molar-refractivity contribution is 6.14. The summed E-state index contributed by atoms with van der Waals surface area (Å²) in [5.74, 6) is -1.36. The van der Waals surface area contributed by atoms with E-state index in [1.165, 1.54) is 0 Å². The second kappa shape index (κ2) is 4.41. The first-order valence-corrected chi connectivity index (χ1v) is 6.28. The van der Waals surface area contributed by atoms with Crippen LogP contribution in [0.4, 0.5) is 0 Å². The molecule has 1 rings (SSSR count). The highest BCUT2D eigenvalue weighted by Gasteiger charge is 2.64. The van der Waals surface area contributed by atoms with Gasteiger partial charge in [-0.25, -0.2) is 0 Å². The summed E-state index contributed by atoms with van der Waals surface area (Å²) in [6.45, 7) is 10.9. The fourth-order valence-corrected chi connectivity index (χ4v) is 2.85. The Balaban J connectivity index is 3.44. The van der Waals surface area contributed by atoms with E-state index in [9.17, 15) is 14.7 Å². The molecule has 0 unspecified atom stereocenters. The maximum Gasteiger partial charge on any atom is 0.320 e. The Labute approximate surface area is 108 Å². The van der Waals surface area contributed by atoms with Crippen LogP contribution in [0.25, 0.3) is 0 Å². The quantitative estimate of drug-likeness (QED) is 0.621. The van der Waals surface area contributed by atoms with Crippen LogP contribution in [0.3, 0.4) is 0 Å². The van der Waals surface area contributed by atoms with E-state index in [0.717, 1.165) is 0 Å². The maximum atomic E-state index is 12.3. The molecule has 0 heterocycles. The summed E-state index contributed by atoms with van der Waals surface area (Å²) in [4.78, 5) is 24.5. The SMILES string of the molecule is CCOC(=O)[C@]1(C)C(=O)C(O)=C(C)[C@@]1(C)C(C)C. The largest absolute Gasteiger partial charge is 0.504 e. The van der Waals surface area contributed by atoms with Crippen LogP contribution in [0.15, 0.2) is 11.3 Å². The van der Waals surface area contributed by atoms with Crippen LogP contribution in [0.1, 0.15) is 41.5 Å². The van der Waals surface area contributed by atoms with Crippen molar-refractivity contribution in [1.82, 2.24) is 0 Å². The van der Waals surface area contributed by atoms with Gasteiger partial charge in [-0.1, -0.05) is 20.8 Å². The van der Waals surface area contributed by atoms with Crippen LogP contribution < -0.4 is 0 Å². The van der Waals surface area contributed by atoms with Crippen molar-refractivity contribution >= 4 is 11.8 Å². The predicted octanol–water partition coefficient (Wildman–Crippen LogP) is 2.63. The Bertz CT molecular complexity index is 422. The number of hydrogen-bond donors (Lipinski definition) is 1. The molecule has 0 saturated carbocycles. The summed E-state index contributed by atoms with van der Waals surface area (Å²) < 4.78 is 5.04. The number of ether oxygens (including phenoxy) is 1. The van der Waals surface area contributed by atoms with E-state index in [4.69, 9.17) is 4.74 Å². The summed E-state index contributed by atoms with van der Waals surface area (Å²) in [6.07, 6.45) is 0. The molecular weight excluding hydrogens is 232 g/mol. The normalized spacial score (nSPS) is 32.3. The first-order valence-electron chi connectivity index (χ1n) is 6.28. The van der Waals surface area contributed by atoms with E-state index < -0.39 is 22.6 Å². The van der Waals surface area contributed by atoms with Crippen LogP contribution in [-0.2, 0) is 14.3 Å². The molecule has 0 radical (unpaired) electrons. The van der Waals surface area contributed by atoms with Gasteiger partial charge < -0.3 is 9.84 Å². The number of ketones is 1. The lowest BCUT2D eigenvalue weighted by Crippen LogP contribution is -2.49. The van der Waals surface area contributed by atoms with Crippen molar-refractivity contribution in [3.8, 4) is 0 Å². The number of carbonyl (C=O) groups excluding carboxylic acids is 2. The lowest BCUT2D eigenvalue weighted by atomic mass is 9.59. The van der Waals surface area contributed by atoms with Crippen molar-refractivity contribution in [2.75, 3.05) is 6.61 Å². The van der Waals surface area contributed by atoms with Gasteiger partial charge in [0, 0.05) is 5.41 Å². The summed E-state index contributed by atoms with van der Waals surface area (Å²) in [5, 5.41) is 9.93. The van der Waals surface area contributed by atoms with Crippen molar-refractivity contribution in [2.24, 2.45) is 16.7 Å². The molecule has 2 atom stereocenters. The summed E-state index contributed by atoms with van der Waals surface area (Å²) in [7, 11) is 0. The first-order chi connectivity index (χ1) is 8.15. The van der Waals surface area contributed by atoms with Gasteiger partial charge in [-0.3, -0.25) is 9.59 Å². The molecule has 1 aliphatic rings. The summed E-state index contributed by atoms with van der Waals surface area (Å²) in [6, 6.07) is 0. The van der Waals surface area contributed by atoms with Crippen molar-refractivity contribution in [3.05, 3.63) is 11.3 Å². The highest BCUT2D eigenvalue weighted by Crippen LogP contribution is 2.57. The number of hydrogen-bond acceptors (Lipinski definition) is 4. The van der Waals surface area contributed by atoms with Gasteiger partial charge in [0.1, 0.15) is 5.41 Å². The third-order valence-electron chi connectivity index (χ3n) is 4.68. The van der Waals surface area contributed by atoms with Crippen LogP contribution in [-0.4, -0.2) is 23.5 Å². The molecule has 0 fully saturated rings. The van der Waals surface area contributed by atoms with Gasteiger partial charge in [0.2, 0.25) is 5.78 Å². The zero-order valence-electron chi connectivity index (χ0n) is 12.0. The standard InChI is InChI=1S/C14H22O4/c1-7-18-12(17)14(6)11(16)10(15)9(4)13(14,5)8(2)3/h8,15H,7H2,1-6H3/t13-,14+/m1/s1. The van der Waals surface area contributed by atoms with Crippen molar-refractivity contribution in [3.63, 3.8) is 0 Å². The fraction of sp³-hybridized carbons (Fsp3) is 0.714. The van der Waals surface area contributed by atoms with Crippen molar-refractivity contribution in [1.29, 1.82) is 0 Å². The second-order valence-electron chi connectivity index (χ2n) is 5.51. The predicted molar refractivity (Wildman–Crippen MR) is 68.0 cm³/mol. The highest BCUT2D eigenvalue weighted by atomic mass is 16.5. The number of Topliss-reactive ketones (excluding diaryl/α,β-unsaturated/α-hetero) is 1. The van der Waals surface area contributed by atoms with E-state index in [2.05, 4.69) is 0 Å². The van der Waals surface area contributed by atoms with E-state index in [1.54, 1.807) is 20.8 Å². The Morgan fingerprint density at radius 1 is 1.39 bits per heavy atom. The van der Waals surface area contributed by atoms with Crippen LogP contribution in [0, 0.1) is 16.7 Å². The molecule has 102 valence electrons. The molecule has 4 heteroatoms. The van der Waals surface area contributed by atoms with Gasteiger partial charge in [0.25, 0.3) is 0 Å². The fourth-order valence-electron chi connectivity index (χ4n) is 2.85. The zero-order valence-corrected chi connectivity index (χ0v) is 12.0. The van der Waals surface area contributed by atoms with Gasteiger partial charge in [-0.15, -0.1) is 0 Å². The minimum Gasteiger partial charge on any atom is -0.504 e. The number of carbonyl (C=O) groups is 2. The van der Waals surface area contributed by atoms with Crippen LogP contribution >= 0.6 is 0 Å². The van der Waals surface area contributed by atoms with Gasteiger partial charge in [0.05, 0.1) is 6.61 Å². The Hall–Kier alpha value is -1.32. The third-order valence-corrected chi connectivity index (χ3v) is 4.68. The van der Waals surface area contributed by atoms with E-state index in [1.807, 2.05) is 20.8 Å². The zero-order chi connectivity index (χ0) is 14.3. The van der Waals surface area contributed by atoms with Crippen LogP contribution in [0.2, 0.25) is 0 Å². The second-order valence-corrected chi connectivity index (χ2v) is 5.51. The van der Waals surface area contributed by atoms with Crippen molar-refractivity contribution in [2.45, 2.75) is 41.5 Å². The minimum absolute atomic E-state index is 0.0282. The number of esters is 1. The van der Waals surface area contributed by atoms with Crippen LogP contribution in [0.5, 0.6) is 0 Å². The van der Waals surface area contributed by atoms with E-state index >= 15 is 0 Å². The molecule has 0 aromatic rings. The minimum atomic E-state index is -1.34. The lowest BCUT2D eigenvalue weighted by Gasteiger charge is -2.42. The Kier molecular flexibility index (Phi) is 3.61. The van der Waals surface area contributed by atoms with E-state index in [-0.39, 0.29) is 18.3 Å². The summed E-state index contributed by atoms with van der Waals surface area (Å²) >= 11 is 0. The molecule has 0 amide bonds. The molecule has 0 aromatic heterocycles. The Morgan fingerprint density at radius 3 is 2.28 bits per heavy atom. The first kappa shape index (κ1) is 14.7. The van der Waals surface area contributed by atoms with E-state index in [0.29, 0.717) is 5.57 Å². The van der Waals surface area contributed by atoms with Gasteiger partial charge in [-0.05, 0) is 32.3 Å². The van der Waals surface area contributed by atoms with Gasteiger partial charge >= 0.3 is 5.97 Å². The average molecular weight is 254 g/mol. The summed E-state index contributed by atoms with van der Waals surface area (Å²) in [5.41, 5.74) is -1.50. The number of rotatable bonds is 3. The topological polar surface area (TPSA) is 63.6 Å². The van der Waals surface area contributed by atoms with Crippen molar-refractivity contribution < 1.29 is 19.4 Å². The molecule has 1 N–H and O–H groups in total. The molecule has 0 spiro atoms. The molecule has 0 aromatic carbocycles. The molecule has 0 saturated heterocycles. The molecule has 0 bridgehead atoms. The third kappa shape index (κ3) is 1.51. The molecule has 4 nitrogen and oxygen atoms in total. The van der Waals surface area contributed by atoms with Gasteiger partial charge in [0.15, 0.2) is 5.76 Å². The molecular formula is C14H22O4. The molecule has 1 aliphatic carbocycles. The molecule has 0 aliphatic heterocycles. The number of aliphatic hydroxyl groups excluding tert-OH is 1.